The van der Waals surface area contributed by atoms with Crippen molar-refractivity contribution < 1.29 is 0 Å². The molecule has 88 valence electrons. The second-order valence-electron chi connectivity index (χ2n) is 5.67. The third-order valence-electron chi connectivity index (χ3n) is 3.82. The van der Waals surface area contributed by atoms with E-state index in [2.05, 4.69) is 11.8 Å². The average Bonchev–Trinajstić information content (AvgIpc) is 2.98. The van der Waals surface area contributed by atoms with Gasteiger partial charge in [0.05, 0.1) is 0 Å². The van der Waals surface area contributed by atoms with Crippen molar-refractivity contribution in [2.45, 2.75) is 51.5 Å². The predicted octanol–water partition coefficient (Wildman–Crippen LogP) is 2.24. The van der Waals surface area contributed by atoms with Crippen molar-refractivity contribution >= 4 is 0 Å². The van der Waals surface area contributed by atoms with Gasteiger partial charge in [0, 0.05) is 25.7 Å². The van der Waals surface area contributed by atoms with Crippen LogP contribution < -0.4 is 5.73 Å². The van der Waals surface area contributed by atoms with Crippen LogP contribution in [-0.2, 0) is 0 Å². The first-order valence-electron chi connectivity index (χ1n) is 6.76. The molecular weight excluding hydrogens is 184 g/mol. The highest BCUT2D eigenvalue weighted by molar-refractivity contribution is 4.85. The lowest BCUT2D eigenvalue weighted by atomic mass is 9.90. The quantitative estimate of drug-likeness (QED) is 0.754. The molecule has 2 heteroatoms. The highest BCUT2D eigenvalue weighted by atomic mass is 15.2. The summed E-state index contributed by atoms with van der Waals surface area (Å²) in [6, 6.07) is 0.444. The molecule has 2 atom stereocenters. The minimum Gasteiger partial charge on any atom is -0.327 e. The van der Waals surface area contributed by atoms with E-state index < -0.39 is 0 Å². The Balaban J connectivity index is 1.74. The number of hydrogen-bond acceptors (Lipinski definition) is 2. The fraction of sp³-hybridized carbons (Fsp3) is 1.00. The van der Waals surface area contributed by atoms with Gasteiger partial charge in [-0.05, 0) is 37.5 Å². The molecule has 0 spiro atoms. The van der Waals surface area contributed by atoms with Crippen LogP contribution in [0.5, 0.6) is 0 Å². The first-order valence-corrected chi connectivity index (χ1v) is 6.76. The van der Waals surface area contributed by atoms with Crippen LogP contribution in [0.1, 0.15) is 45.4 Å². The lowest BCUT2D eigenvalue weighted by Gasteiger charge is -2.36. The molecule has 2 rings (SSSR count). The van der Waals surface area contributed by atoms with Crippen molar-refractivity contribution in [1.82, 2.24) is 4.90 Å². The maximum atomic E-state index is 6.14. The predicted molar refractivity (Wildman–Crippen MR) is 64.8 cm³/mol. The maximum absolute atomic E-state index is 6.14. The first-order chi connectivity index (χ1) is 7.28. The van der Waals surface area contributed by atoms with E-state index in [0.29, 0.717) is 6.04 Å². The molecule has 0 aromatic heterocycles. The molecule has 2 unspecified atom stereocenters. The van der Waals surface area contributed by atoms with Crippen LogP contribution in [0.15, 0.2) is 0 Å². The van der Waals surface area contributed by atoms with Gasteiger partial charge < -0.3 is 10.6 Å². The second-order valence-corrected chi connectivity index (χ2v) is 5.67. The van der Waals surface area contributed by atoms with Gasteiger partial charge in [-0.1, -0.05) is 19.8 Å². The third kappa shape index (κ3) is 3.76. The summed E-state index contributed by atoms with van der Waals surface area (Å²) in [5, 5.41) is 0. The third-order valence-corrected chi connectivity index (χ3v) is 3.82. The van der Waals surface area contributed by atoms with Crippen LogP contribution in [-0.4, -0.2) is 30.6 Å². The maximum Gasteiger partial charge on any atom is 0.0170 e. The van der Waals surface area contributed by atoms with E-state index in [-0.39, 0.29) is 0 Å². The van der Waals surface area contributed by atoms with Gasteiger partial charge in [-0.25, -0.2) is 0 Å². The Morgan fingerprint density at radius 3 is 2.67 bits per heavy atom. The molecule has 0 amide bonds. The van der Waals surface area contributed by atoms with Gasteiger partial charge in [0.15, 0.2) is 0 Å². The highest BCUT2D eigenvalue weighted by Gasteiger charge is 2.29. The molecule has 1 saturated heterocycles. The fourth-order valence-electron chi connectivity index (χ4n) is 2.87. The van der Waals surface area contributed by atoms with Gasteiger partial charge in [0.1, 0.15) is 0 Å². The molecule has 2 nitrogen and oxygen atoms in total. The van der Waals surface area contributed by atoms with Crippen LogP contribution in [0.4, 0.5) is 0 Å². The Bertz CT molecular complexity index is 187. The molecule has 0 aromatic rings. The molecule has 0 bridgehead atoms. The standard InChI is InChI=1S/C13H26N2/c1-2-3-4-12-7-13(14)10-15(9-12)8-11-5-6-11/h11-13H,2-10,14H2,1H3. The summed E-state index contributed by atoms with van der Waals surface area (Å²) in [4.78, 5) is 2.63. The molecule has 1 aliphatic heterocycles. The molecule has 1 aliphatic carbocycles. The van der Waals surface area contributed by atoms with E-state index in [1.807, 2.05) is 0 Å². The lowest BCUT2D eigenvalue weighted by molar-refractivity contribution is 0.144. The van der Waals surface area contributed by atoms with Crippen LogP contribution in [0.3, 0.4) is 0 Å². The molecule has 1 saturated carbocycles. The summed E-state index contributed by atoms with van der Waals surface area (Å²) in [6.07, 6.45) is 8.30. The summed E-state index contributed by atoms with van der Waals surface area (Å²) in [7, 11) is 0. The molecule has 0 aromatic carbocycles. The Morgan fingerprint density at radius 1 is 1.20 bits per heavy atom. The van der Waals surface area contributed by atoms with Gasteiger partial charge in [-0.2, -0.15) is 0 Å². The smallest absolute Gasteiger partial charge is 0.0170 e. The number of unbranched alkanes of at least 4 members (excludes halogenated alkanes) is 1. The second kappa shape index (κ2) is 5.31. The topological polar surface area (TPSA) is 29.3 Å². The zero-order valence-electron chi connectivity index (χ0n) is 10.1. The number of likely N-dealkylation sites (tertiary alicyclic amines) is 1. The van der Waals surface area contributed by atoms with E-state index in [1.54, 1.807) is 0 Å². The fourth-order valence-corrected chi connectivity index (χ4v) is 2.87. The SMILES string of the molecule is CCCCC1CC(N)CN(CC2CC2)C1. The summed E-state index contributed by atoms with van der Waals surface area (Å²) in [5.74, 6) is 1.90. The minimum atomic E-state index is 0.444. The Morgan fingerprint density at radius 2 is 2.00 bits per heavy atom. The van der Waals surface area contributed by atoms with Gasteiger partial charge >= 0.3 is 0 Å². The summed E-state index contributed by atoms with van der Waals surface area (Å²) < 4.78 is 0. The van der Waals surface area contributed by atoms with Crippen molar-refractivity contribution in [2.24, 2.45) is 17.6 Å². The number of nitrogens with zero attached hydrogens (tertiary/aromatic N) is 1. The molecule has 2 aliphatic rings. The van der Waals surface area contributed by atoms with Gasteiger partial charge in [-0.15, -0.1) is 0 Å². The molecule has 1 heterocycles. The number of hydrogen-bond donors (Lipinski definition) is 1. The van der Waals surface area contributed by atoms with Gasteiger partial charge in [0.25, 0.3) is 0 Å². The van der Waals surface area contributed by atoms with Crippen LogP contribution >= 0.6 is 0 Å². The number of piperidine rings is 1. The zero-order valence-corrected chi connectivity index (χ0v) is 10.1. The number of nitrogens with two attached hydrogens (primary N) is 1. The highest BCUT2D eigenvalue weighted by Crippen LogP contribution is 2.31. The first kappa shape index (κ1) is 11.4. The minimum absolute atomic E-state index is 0.444. The monoisotopic (exact) mass is 210 g/mol. The average molecular weight is 210 g/mol. The molecule has 15 heavy (non-hydrogen) atoms. The molecule has 0 radical (unpaired) electrons. The van der Waals surface area contributed by atoms with Crippen molar-refractivity contribution in [1.29, 1.82) is 0 Å². The summed E-state index contributed by atoms with van der Waals surface area (Å²) in [6.45, 7) is 6.09. The van der Waals surface area contributed by atoms with Crippen LogP contribution in [0, 0.1) is 11.8 Å². The molecular formula is C13H26N2. The van der Waals surface area contributed by atoms with Gasteiger partial charge in [0.2, 0.25) is 0 Å². The Kier molecular flexibility index (Phi) is 4.04. The summed E-state index contributed by atoms with van der Waals surface area (Å²) in [5.41, 5.74) is 6.14. The summed E-state index contributed by atoms with van der Waals surface area (Å²) >= 11 is 0. The zero-order chi connectivity index (χ0) is 10.7. The van der Waals surface area contributed by atoms with E-state index >= 15 is 0 Å². The van der Waals surface area contributed by atoms with Crippen LogP contribution in [0.25, 0.3) is 0 Å². The Labute approximate surface area is 94.2 Å². The molecule has 2 fully saturated rings. The lowest BCUT2D eigenvalue weighted by Crippen LogP contribution is -2.47. The van der Waals surface area contributed by atoms with Crippen molar-refractivity contribution in [3.63, 3.8) is 0 Å². The largest absolute Gasteiger partial charge is 0.327 e. The van der Waals surface area contributed by atoms with E-state index in [1.165, 1.54) is 51.6 Å². The van der Waals surface area contributed by atoms with E-state index in [0.717, 1.165) is 18.4 Å². The molecule has 2 N–H and O–H groups in total. The van der Waals surface area contributed by atoms with E-state index in [4.69, 9.17) is 5.73 Å². The normalized spacial score (nSPS) is 33.2. The van der Waals surface area contributed by atoms with Crippen LogP contribution in [0.2, 0.25) is 0 Å². The van der Waals surface area contributed by atoms with Crippen molar-refractivity contribution in [3.05, 3.63) is 0 Å². The van der Waals surface area contributed by atoms with Crippen molar-refractivity contribution in [2.75, 3.05) is 19.6 Å². The van der Waals surface area contributed by atoms with Crippen molar-refractivity contribution in [3.8, 4) is 0 Å². The van der Waals surface area contributed by atoms with Gasteiger partial charge in [-0.3, -0.25) is 0 Å². The number of rotatable bonds is 5. The Hall–Kier alpha value is -0.0800. The van der Waals surface area contributed by atoms with E-state index in [9.17, 15) is 0 Å².